The van der Waals surface area contributed by atoms with E-state index in [0.29, 0.717) is 11.5 Å². The minimum absolute atomic E-state index is 0.117. The van der Waals surface area contributed by atoms with Crippen LogP contribution in [0, 0.1) is 17.0 Å². The number of hydrogen-bond acceptors (Lipinski definition) is 7. The van der Waals surface area contributed by atoms with Crippen molar-refractivity contribution in [3.8, 4) is 0 Å². The van der Waals surface area contributed by atoms with Crippen molar-refractivity contribution in [1.29, 1.82) is 0 Å². The van der Waals surface area contributed by atoms with Crippen molar-refractivity contribution in [3.63, 3.8) is 0 Å². The van der Waals surface area contributed by atoms with Crippen LogP contribution in [-0.4, -0.2) is 34.4 Å². The summed E-state index contributed by atoms with van der Waals surface area (Å²) in [5.74, 6) is 1.47. The maximum absolute atomic E-state index is 11.8. The Hall–Kier alpha value is -2.49. The van der Waals surface area contributed by atoms with Crippen molar-refractivity contribution in [1.82, 2.24) is 14.8 Å². The Balaban J connectivity index is 1.96. The predicted octanol–water partition coefficient (Wildman–Crippen LogP) is 1.85. The van der Waals surface area contributed by atoms with Crippen molar-refractivity contribution in [3.05, 3.63) is 40.0 Å². The van der Waals surface area contributed by atoms with Crippen LogP contribution in [0.2, 0.25) is 0 Å². The lowest BCUT2D eigenvalue weighted by Gasteiger charge is -2.24. The molecule has 2 aromatic rings. The molecule has 0 saturated heterocycles. The van der Waals surface area contributed by atoms with Gasteiger partial charge in [0.1, 0.15) is 16.5 Å². The summed E-state index contributed by atoms with van der Waals surface area (Å²) in [6, 6.07) is 3.90. The van der Waals surface area contributed by atoms with Crippen LogP contribution in [0.15, 0.2) is 23.1 Å². The van der Waals surface area contributed by atoms with Gasteiger partial charge in [-0.1, -0.05) is 0 Å². The average molecular weight is 351 g/mol. The number of rotatable bonds is 4. The molecule has 0 fully saturated rings. The van der Waals surface area contributed by atoms with Gasteiger partial charge >= 0.3 is 0 Å². The summed E-state index contributed by atoms with van der Waals surface area (Å²) in [4.78, 5) is 14.5. The fraction of sp³-hybridized carbons (Fsp3) is 0.429. The second-order valence-corrected chi connectivity index (χ2v) is 7.78. The number of anilines is 1. The van der Waals surface area contributed by atoms with Crippen LogP contribution in [0.4, 0.5) is 11.4 Å². The number of aromatic nitrogens is 3. The normalized spacial score (nSPS) is 17.3. The first-order chi connectivity index (χ1) is 11.3. The second kappa shape index (κ2) is 5.86. The number of sulfone groups is 1. The number of nitrogens with zero attached hydrogens (tertiary/aromatic N) is 4. The van der Waals surface area contributed by atoms with Crippen molar-refractivity contribution in [2.45, 2.75) is 37.2 Å². The van der Waals surface area contributed by atoms with Gasteiger partial charge < -0.3 is 5.32 Å². The number of aryl methyl sites for hydroxylation is 2. The Morgan fingerprint density at radius 3 is 2.83 bits per heavy atom. The number of hydrogen-bond donors (Lipinski definition) is 1. The molecule has 0 aliphatic carbocycles. The third kappa shape index (κ3) is 3.09. The highest BCUT2D eigenvalue weighted by Gasteiger charge is 2.26. The first-order valence-corrected chi connectivity index (χ1v) is 9.31. The van der Waals surface area contributed by atoms with Gasteiger partial charge in [0, 0.05) is 24.6 Å². The molecule has 1 unspecified atom stereocenters. The molecular weight excluding hydrogens is 334 g/mol. The van der Waals surface area contributed by atoms with Crippen LogP contribution < -0.4 is 5.32 Å². The standard InChI is InChI=1S/C14H17N5O4S/c1-9-15-14-11(4-3-7-18(14)17-9)16-10-5-6-12(19(20)21)13(8-10)24(2,22)23/h5-6,8,11,16H,3-4,7H2,1-2H3. The van der Waals surface area contributed by atoms with Gasteiger partial charge in [0.2, 0.25) is 0 Å². The molecule has 2 heterocycles. The van der Waals surface area contributed by atoms with Gasteiger partial charge in [-0.15, -0.1) is 0 Å². The number of nitro groups is 1. The Labute approximate surface area is 138 Å². The van der Waals surface area contributed by atoms with E-state index in [2.05, 4.69) is 15.4 Å². The maximum atomic E-state index is 11.8. The molecule has 1 atom stereocenters. The first-order valence-electron chi connectivity index (χ1n) is 7.42. The molecule has 24 heavy (non-hydrogen) atoms. The number of nitrogens with one attached hydrogen (secondary N) is 1. The molecule has 9 nitrogen and oxygen atoms in total. The van der Waals surface area contributed by atoms with Gasteiger partial charge in [-0.2, -0.15) is 5.10 Å². The molecule has 0 amide bonds. The van der Waals surface area contributed by atoms with Gasteiger partial charge in [-0.3, -0.25) is 10.1 Å². The van der Waals surface area contributed by atoms with Gasteiger partial charge in [0.05, 0.1) is 11.0 Å². The van der Waals surface area contributed by atoms with Crippen molar-refractivity contribution in [2.24, 2.45) is 0 Å². The largest absolute Gasteiger partial charge is 0.375 e. The SMILES string of the molecule is Cc1nc2n(n1)CCCC2Nc1ccc([N+](=O)[O-])c(S(C)(=O)=O)c1. The van der Waals surface area contributed by atoms with Crippen LogP contribution in [0.1, 0.15) is 30.5 Å². The van der Waals surface area contributed by atoms with Gasteiger partial charge in [0.15, 0.2) is 9.84 Å². The molecule has 3 rings (SSSR count). The fourth-order valence-electron chi connectivity index (χ4n) is 2.86. The van der Waals surface area contributed by atoms with Gasteiger partial charge in [0.25, 0.3) is 5.69 Å². The minimum atomic E-state index is -3.71. The van der Waals surface area contributed by atoms with Crippen molar-refractivity contribution >= 4 is 21.2 Å². The highest BCUT2D eigenvalue weighted by Crippen LogP contribution is 2.31. The molecule has 0 spiro atoms. The Morgan fingerprint density at radius 2 is 2.17 bits per heavy atom. The van der Waals surface area contributed by atoms with E-state index < -0.39 is 20.4 Å². The molecule has 1 aliphatic rings. The average Bonchev–Trinajstić information content (AvgIpc) is 2.87. The molecule has 0 bridgehead atoms. The molecule has 1 N–H and O–H groups in total. The molecule has 10 heteroatoms. The van der Waals surface area contributed by atoms with Crippen LogP contribution in [-0.2, 0) is 16.4 Å². The molecule has 1 aromatic heterocycles. The third-order valence-corrected chi connectivity index (χ3v) is 5.00. The topological polar surface area (TPSA) is 120 Å². The third-order valence-electron chi connectivity index (χ3n) is 3.88. The summed E-state index contributed by atoms with van der Waals surface area (Å²) in [5.41, 5.74) is 0.0748. The number of benzene rings is 1. The van der Waals surface area contributed by atoms with E-state index >= 15 is 0 Å². The Kier molecular flexibility index (Phi) is 3.99. The molecular formula is C14H17N5O4S. The van der Waals surface area contributed by atoms with Crippen molar-refractivity contribution in [2.75, 3.05) is 11.6 Å². The summed E-state index contributed by atoms with van der Waals surface area (Å²) < 4.78 is 25.5. The molecule has 1 aliphatic heterocycles. The van der Waals surface area contributed by atoms with E-state index in [4.69, 9.17) is 0 Å². The Bertz CT molecular complexity index is 906. The summed E-state index contributed by atoms with van der Waals surface area (Å²) in [7, 11) is -3.71. The van der Waals surface area contributed by atoms with Gasteiger partial charge in [-0.05, 0) is 31.9 Å². The zero-order valence-electron chi connectivity index (χ0n) is 13.3. The molecule has 0 saturated carbocycles. The van der Waals surface area contributed by atoms with E-state index in [0.717, 1.165) is 31.5 Å². The zero-order chi connectivity index (χ0) is 17.5. The first kappa shape index (κ1) is 16.4. The number of nitro benzene ring substituents is 1. The highest BCUT2D eigenvalue weighted by molar-refractivity contribution is 7.90. The number of fused-ring (bicyclic) bond motifs is 1. The summed E-state index contributed by atoms with van der Waals surface area (Å²) in [6.07, 6.45) is 2.70. The van der Waals surface area contributed by atoms with E-state index in [1.807, 2.05) is 11.6 Å². The summed E-state index contributed by atoms with van der Waals surface area (Å²) in [6.45, 7) is 2.61. The zero-order valence-corrected chi connectivity index (χ0v) is 14.1. The highest BCUT2D eigenvalue weighted by atomic mass is 32.2. The minimum Gasteiger partial charge on any atom is -0.375 e. The Morgan fingerprint density at radius 1 is 1.42 bits per heavy atom. The summed E-state index contributed by atoms with van der Waals surface area (Å²) in [5, 5.41) is 18.6. The van der Waals surface area contributed by atoms with E-state index in [1.54, 1.807) is 0 Å². The van der Waals surface area contributed by atoms with Crippen molar-refractivity contribution < 1.29 is 13.3 Å². The smallest absolute Gasteiger partial charge is 0.288 e. The maximum Gasteiger partial charge on any atom is 0.288 e. The molecule has 0 radical (unpaired) electrons. The quantitative estimate of drug-likeness (QED) is 0.659. The van der Waals surface area contributed by atoms with E-state index in [9.17, 15) is 18.5 Å². The summed E-state index contributed by atoms with van der Waals surface area (Å²) >= 11 is 0. The van der Waals surface area contributed by atoms with Crippen LogP contribution in [0.5, 0.6) is 0 Å². The second-order valence-electron chi connectivity index (χ2n) is 5.79. The predicted molar refractivity (Wildman–Crippen MR) is 86.6 cm³/mol. The monoisotopic (exact) mass is 351 g/mol. The van der Waals surface area contributed by atoms with Crippen LogP contribution in [0.25, 0.3) is 0 Å². The van der Waals surface area contributed by atoms with E-state index in [1.165, 1.54) is 18.2 Å². The van der Waals surface area contributed by atoms with E-state index in [-0.39, 0.29) is 10.9 Å². The van der Waals surface area contributed by atoms with Gasteiger partial charge in [-0.25, -0.2) is 18.1 Å². The molecule has 128 valence electrons. The molecule has 1 aromatic carbocycles. The lowest BCUT2D eigenvalue weighted by Crippen LogP contribution is -2.22. The lowest BCUT2D eigenvalue weighted by atomic mass is 10.1. The fourth-order valence-corrected chi connectivity index (χ4v) is 3.72. The van der Waals surface area contributed by atoms with Crippen LogP contribution >= 0.6 is 0 Å². The van der Waals surface area contributed by atoms with Crippen LogP contribution in [0.3, 0.4) is 0 Å². The lowest BCUT2D eigenvalue weighted by molar-refractivity contribution is -0.387.